The molecule has 2 rings (SSSR count). The van der Waals surface area contributed by atoms with Crippen LogP contribution in [0.15, 0.2) is 35.3 Å². The lowest BCUT2D eigenvalue weighted by Crippen LogP contribution is -2.22. The maximum absolute atomic E-state index is 11.9. The Balaban J connectivity index is 2.75. The Morgan fingerprint density at radius 3 is 2.69 bits per heavy atom. The van der Waals surface area contributed by atoms with Crippen LogP contribution in [-0.4, -0.2) is 21.8 Å². The second-order valence-corrected chi connectivity index (χ2v) is 3.26. The van der Waals surface area contributed by atoms with Gasteiger partial charge in [-0.3, -0.25) is 10.2 Å². The minimum absolute atomic E-state index is 0.133. The van der Waals surface area contributed by atoms with Gasteiger partial charge in [0.05, 0.1) is 5.56 Å². The molecule has 2 aromatic rings. The first-order valence-corrected chi connectivity index (χ1v) is 4.54. The number of hydrogen-bond acceptors (Lipinski definition) is 3. The molecule has 0 saturated heterocycles. The molecular weight excluding hydrogens is 208 g/mol. The summed E-state index contributed by atoms with van der Waals surface area (Å²) < 4.78 is 0. The third-order valence-electron chi connectivity index (χ3n) is 2.27. The Morgan fingerprint density at radius 1 is 1.31 bits per heavy atom. The van der Waals surface area contributed by atoms with Crippen molar-refractivity contribution in [3.05, 3.63) is 46.2 Å². The molecule has 0 spiro atoms. The fraction of sp³-hybridized carbons (Fsp3) is 0. The molecule has 0 atom stereocenters. The van der Waals surface area contributed by atoms with Crippen molar-refractivity contribution in [3.63, 3.8) is 0 Å². The summed E-state index contributed by atoms with van der Waals surface area (Å²) in [6.45, 7) is 0. The zero-order chi connectivity index (χ0) is 11.7. The van der Waals surface area contributed by atoms with Gasteiger partial charge >= 0.3 is 5.97 Å². The molecule has 0 aliphatic heterocycles. The maximum Gasteiger partial charge on any atom is 0.354 e. The second kappa shape index (κ2) is 3.62. The first-order chi connectivity index (χ1) is 7.61. The largest absolute Gasteiger partial charge is 0.477 e. The molecule has 5 heteroatoms. The van der Waals surface area contributed by atoms with Crippen LogP contribution in [0.3, 0.4) is 0 Å². The lowest BCUT2D eigenvalue weighted by atomic mass is 10.1. The van der Waals surface area contributed by atoms with E-state index in [-0.39, 0.29) is 5.56 Å². The Labute approximate surface area is 89.9 Å². The van der Waals surface area contributed by atoms with E-state index in [0.717, 1.165) is 0 Å². The van der Waals surface area contributed by atoms with Crippen LogP contribution in [-0.2, 0) is 4.79 Å². The van der Waals surface area contributed by atoms with Crippen LogP contribution in [0.25, 0.3) is 10.9 Å². The normalized spacial score (nSPS) is 10.2. The fourth-order valence-electron chi connectivity index (χ4n) is 1.47. The Bertz CT molecular complexity index is 643. The fourth-order valence-corrected chi connectivity index (χ4v) is 1.47. The molecule has 80 valence electrons. The van der Waals surface area contributed by atoms with Crippen LogP contribution in [0.1, 0.15) is 5.56 Å². The average molecular weight is 216 g/mol. The first kappa shape index (κ1) is 10.1. The highest BCUT2D eigenvalue weighted by atomic mass is 16.4. The van der Waals surface area contributed by atoms with Crippen molar-refractivity contribution in [1.29, 1.82) is 5.41 Å². The van der Waals surface area contributed by atoms with Gasteiger partial charge in [-0.2, -0.15) is 0 Å². The summed E-state index contributed by atoms with van der Waals surface area (Å²) in [6, 6.07) is 6.75. The molecule has 0 aliphatic rings. The highest BCUT2D eigenvalue weighted by molar-refractivity contribution is 6.41. The molecule has 0 amide bonds. The van der Waals surface area contributed by atoms with Gasteiger partial charge in [0.15, 0.2) is 11.1 Å². The zero-order valence-electron chi connectivity index (χ0n) is 8.15. The number of H-pyrrole nitrogens is 1. The maximum atomic E-state index is 11.9. The van der Waals surface area contributed by atoms with E-state index in [2.05, 4.69) is 4.98 Å². The van der Waals surface area contributed by atoms with Crippen molar-refractivity contribution in [2.75, 3.05) is 0 Å². The third kappa shape index (κ3) is 1.48. The van der Waals surface area contributed by atoms with E-state index < -0.39 is 17.1 Å². The van der Waals surface area contributed by atoms with Crippen molar-refractivity contribution in [1.82, 2.24) is 4.98 Å². The highest BCUT2D eigenvalue weighted by Crippen LogP contribution is 2.07. The Hall–Kier alpha value is -2.43. The van der Waals surface area contributed by atoms with Crippen LogP contribution < -0.4 is 5.43 Å². The van der Waals surface area contributed by atoms with Crippen LogP contribution >= 0.6 is 0 Å². The molecule has 16 heavy (non-hydrogen) atoms. The molecule has 0 fully saturated rings. The van der Waals surface area contributed by atoms with Gasteiger partial charge in [0, 0.05) is 17.1 Å². The second-order valence-electron chi connectivity index (χ2n) is 3.26. The molecular formula is C11H8N2O3. The van der Waals surface area contributed by atoms with Crippen molar-refractivity contribution in [2.45, 2.75) is 0 Å². The monoisotopic (exact) mass is 216 g/mol. The molecule has 0 unspecified atom stereocenters. The SMILES string of the molecule is N=C(C(=O)O)c1c[nH]c2ccccc2c1=O. The predicted octanol–water partition coefficient (Wildman–Crippen LogP) is 0.981. The average Bonchev–Trinajstić information content (AvgIpc) is 2.29. The number of pyridine rings is 1. The number of aromatic amines is 1. The first-order valence-electron chi connectivity index (χ1n) is 4.54. The lowest BCUT2D eigenvalue weighted by molar-refractivity contribution is -0.129. The van der Waals surface area contributed by atoms with E-state index in [4.69, 9.17) is 10.5 Å². The molecule has 1 aromatic heterocycles. The number of rotatable bonds is 2. The minimum Gasteiger partial charge on any atom is -0.477 e. The standard InChI is InChI=1S/C11H8N2O3/c12-9(11(15)16)7-5-13-8-4-2-1-3-6(8)10(7)14/h1-5,12H,(H,13,14)(H,15,16). The number of benzene rings is 1. The summed E-state index contributed by atoms with van der Waals surface area (Å²) in [4.78, 5) is 25.3. The van der Waals surface area contributed by atoms with Crippen LogP contribution in [0.2, 0.25) is 0 Å². The lowest BCUT2D eigenvalue weighted by Gasteiger charge is -2.01. The zero-order valence-corrected chi connectivity index (χ0v) is 8.15. The van der Waals surface area contributed by atoms with E-state index >= 15 is 0 Å². The molecule has 0 bridgehead atoms. The van der Waals surface area contributed by atoms with Gasteiger partial charge in [-0.05, 0) is 12.1 Å². The number of aliphatic carboxylic acids is 1. The van der Waals surface area contributed by atoms with E-state index in [0.29, 0.717) is 10.9 Å². The number of aromatic nitrogens is 1. The van der Waals surface area contributed by atoms with Gasteiger partial charge in [0.2, 0.25) is 0 Å². The Morgan fingerprint density at radius 2 is 2.00 bits per heavy atom. The molecule has 3 N–H and O–H groups in total. The van der Waals surface area contributed by atoms with Gasteiger partial charge < -0.3 is 10.1 Å². The number of carboxylic acid groups (broad SMARTS) is 1. The van der Waals surface area contributed by atoms with E-state index in [9.17, 15) is 9.59 Å². The van der Waals surface area contributed by atoms with Crippen molar-refractivity contribution in [2.24, 2.45) is 0 Å². The van der Waals surface area contributed by atoms with E-state index in [1.807, 2.05) is 0 Å². The third-order valence-corrected chi connectivity index (χ3v) is 2.27. The Kier molecular flexibility index (Phi) is 2.28. The number of carboxylic acids is 1. The number of nitrogens with one attached hydrogen (secondary N) is 2. The van der Waals surface area contributed by atoms with Gasteiger partial charge in [-0.25, -0.2) is 4.79 Å². The van der Waals surface area contributed by atoms with Crippen molar-refractivity contribution < 1.29 is 9.90 Å². The molecule has 1 heterocycles. The number of carbonyl (C=O) groups is 1. The van der Waals surface area contributed by atoms with Gasteiger partial charge in [-0.15, -0.1) is 0 Å². The number of fused-ring (bicyclic) bond motifs is 1. The number of hydrogen-bond donors (Lipinski definition) is 3. The van der Waals surface area contributed by atoms with E-state index in [1.165, 1.54) is 6.20 Å². The molecule has 5 nitrogen and oxygen atoms in total. The summed E-state index contributed by atoms with van der Waals surface area (Å²) in [5.41, 5.74) is -0.658. The van der Waals surface area contributed by atoms with Crippen LogP contribution in [0.5, 0.6) is 0 Å². The van der Waals surface area contributed by atoms with E-state index in [1.54, 1.807) is 24.3 Å². The summed E-state index contributed by atoms with van der Waals surface area (Å²) >= 11 is 0. The topological polar surface area (TPSA) is 94.0 Å². The quantitative estimate of drug-likeness (QED) is 0.653. The summed E-state index contributed by atoms with van der Waals surface area (Å²) in [6.07, 6.45) is 1.25. The summed E-state index contributed by atoms with van der Waals surface area (Å²) in [7, 11) is 0. The summed E-state index contributed by atoms with van der Waals surface area (Å²) in [5, 5.41) is 16.3. The van der Waals surface area contributed by atoms with Crippen LogP contribution in [0.4, 0.5) is 0 Å². The number of para-hydroxylation sites is 1. The van der Waals surface area contributed by atoms with Gasteiger partial charge in [0.25, 0.3) is 0 Å². The predicted molar refractivity (Wildman–Crippen MR) is 59.0 cm³/mol. The van der Waals surface area contributed by atoms with Gasteiger partial charge in [-0.1, -0.05) is 12.1 Å². The molecule has 0 saturated carbocycles. The van der Waals surface area contributed by atoms with Crippen molar-refractivity contribution >= 4 is 22.6 Å². The van der Waals surface area contributed by atoms with Gasteiger partial charge in [0.1, 0.15) is 0 Å². The molecule has 0 aliphatic carbocycles. The summed E-state index contributed by atoms with van der Waals surface area (Å²) in [5.74, 6) is -1.42. The highest BCUT2D eigenvalue weighted by Gasteiger charge is 2.14. The van der Waals surface area contributed by atoms with Crippen LogP contribution in [0, 0.1) is 5.41 Å². The minimum atomic E-state index is -1.42. The smallest absolute Gasteiger partial charge is 0.354 e. The van der Waals surface area contributed by atoms with Crippen molar-refractivity contribution in [3.8, 4) is 0 Å². The molecule has 0 radical (unpaired) electrons. The molecule has 1 aromatic carbocycles.